The van der Waals surface area contributed by atoms with Crippen molar-refractivity contribution in [3.05, 3.63) is 29.3 Å². The third-order valence-corrected chi connectivity index (χ3v) is 4.32. The Hall–Kier alpha value is -2.15. The van der Waals surface area contributed by atoms with E-state index in [-0.39, 0.29) is 18.4 Å². The zero-order valence-electron chi connectivity index (χ0n) is 13.4. The van der Waals surface area contributed by atoms with E-state index < -0.39 is 11.9 Å². The first kappa shape index (κ1) is 17.2. The van der Waals surface area contributed by atoms with E-state index in [1.165, 1.54) is 11.3 Å². The zero-order valence-corrected chi connectivity index (χ0v) is 14.3. The minimum Gasteiger partial charge on any atom is -0.481 e. The fourth-order valence-corrected chi connectivity index (χ4v) is 3.12. The van der Waals surface area contributed by atoms with Gasteiger partial charge in [0.15, 0.2) is 0 Å². The molecule has 0 aliphatic rings. The van der Waals surface area contributed by atoms with Crippen LogP contribution in [0.1, 0.15) is 30.6 Å². The number of carbonyl (C=O) groups excluding carboxylic acids is 1. The summed E-state index contributed by atoms with van der Waals surface area (Å²) in [6.45, 7) is 4.05. The number of rotatable bonds is 7. The Morgan fingerprint density at radius 1 is 1.43 bits per heavy atom. The average Bonchev–Trinajstić information content (AvgIpc) is 3.11. The summed E-state index contributed by atoms with van der Waals surface area (Å²) in [6.07, 6.45) is 2.18. The summed E-state index contributed by atoms with van der Waals surface area (Å²) in [5.74, 6) is -1.51. The molecule has 0 aliphatic carbocycles. The number of hydrogen-bond acceptors (Lipinski definition) is 4. The molecule has 0 spiro atoms. The third-order valence-electron chi connectivity index (χ3n) is 3.44. The van der Waals surface area contributed by atoms with Crippen LogP contribution < -0.4 is 5.32 Å². The van der Waals surface area contributed by atoms with Gasteiger partial charge in [-0.15, -0.1) is 11.3 Å². The van der Waals surface area contributed by atoms with E-state index >= 15 is 0 Å². The molecule has 0 aliphatic heterocycles. The lowest BCUT2D eigenvalue weighted by Gasteiger charge is -2.15. The Balaban J connectivity index is 2.11. The third kappa shape index (κ3) is 4.41. The summed E-state index contributed by atoms with van der Waals surface area (Å²) in [5.41, 5.74) is 1.08. The number of aliphatic carboxylic acids is 1. The molecule has 2 heterocycles. The second-order valence-electron chi connectivity index (χ2n) is 5.92. The molecule has 0 fully saturated rings. The first-order valence-electron chi connectivity index (χ1n) is 7.47. The largest absolute Gasteiger partial charge is 0.481 e. The topological polar surface area (TPSA) is 84.2 Å². The van der Waals surface area contributed by atoms with Gasteiger partial charge < -0.3 is 10.4 Å². The van der Waals surface area contributed by atoms with Crippen molar-refractivity contribution >= 4 is 23.2 Å². The van der Waals surface area contributed by atoms with Crippen molar-refractivity contribution in [1.82, 2.24) is 15.1 Å². The van der Waals surface area contributed by atoms with Crippen LogP contribution >= 0.6 is 11.3 Å². The molecule has 1 amide bonds. The van der Waals surface area contributed by atoms with Crippen molar-refractivity contribution in [2.24, 2.45) is 18.9 Å². The second kappa shape index (κ2) is 7.41. The Morgan fingerprint density at radius 3 is 2.74 bits per heavy atom. The van der Waals surface area contributed by atoms with Gasteiger partial charge in [0.25, 0.3) is 5.91 Å². The van der Waals surface area contributed by atoms with Crippen molar-refractivity contribution in [1.29, 1.82) is 0 Å². The number of aromatic nitrogens is 2. The maximum Gasteiger partial charge on any atom is 0.308 e. The number of amides is 1. The highest BCUT2D eigenvalue weighted by Gasteiger charge is 2.22. The number of thiophene rings is 1. The fraction of sp³-hybridized carbons (Fsp3) is 0.438. The molecule has 6 nitrogen and oxygen atoms in total. The monoisotopic (exact) mass is 335 g/mol. The number of nitrogens with one attached hydrogen (secondary N) is 1. The fourth-order valence-electron chi connectivity index (χ4n) is 2.40. The quantitative estimate of drug-likeness (QED) is 0.814. The Kier molecular flexibility index (Phi) is 5.54. The van der Waals surface area contributed by atoms with Crippen LogP contribution in [-0.4, -0.2) is 33.3 Å². The van der Waals surface area contributed by atoms with Gasteiger partial charge in [-0.25, -0.2) is 0 Å². The van der Waals surface area contributed by atoms with Crippen molar-refractivity contribution < 1.29 is 14.7 Å². The molecule has 0 saturated heterocycles. The average molecular weight is 335 g/mol. The van der Waals surface area contributed by atoms with E-state index in [4.69, 9.17) is 0 Å². The Labute approximate surface area is 139 Å². The molecule has 0 aromatic carbocycles. The molecule has 23 heavy (non-hydrogen) atoms. The molecule has 2 rings (SSSR count). The molecular formula is C16H21N3O3S. The van der Waals surface area contributed by atoms with E-state index in [0.717, 1.165) is 4.88 Å². The summed E-state index contributed by atoms with van der Waals surface area (Å²) >= 11 is 1.51. The maximum absolute atomic E-state index is 12.4. The highest BCUT2D eigenvalue weighted by Crippen LogP contribution is 2.26. The molecule has 1 unspecified atom stereocenters. The first-order chi connectivity index (χ1) is 10.9. The molecule has 1 atom stereocenters. The molecule has 2 N–H and O–H groups in total. The van der Waals surface area contributed by atoms with Gasteiger partial charge in [0, 0.05) is 19.8 Å². The molecule has 0 bridgehead atoms. The molecule has 124 valence electrons. The first-order valence-corrected chi connectivity index (χ1v) is 8.35. The zero-order chi connectivity index (χ0) is 17.0. The Bertz CT molecular complexity index is 677. The van der Waals surface area contributed by atoms with Gasteiger partial charge in [-0.2, -0.15) is 5.10 Å². The number of aryl methyl sites for hydroxylation is 1. The minimum absolute atomic E-state index is 0.116. The summed E-state index contributed by atoms with van der Waals surface area (Å²) in [6, 6.07) is 3.81. The number of carbonyl (C=O) groups is 2. The predicted octanol–water partition coefficient (Wildman–Crippen LogP) is 2.63. The SMILES string of the molecule is CC(C)CC(CNC(=O)c1cn(C)nc1-c1cccs1)C(=O)O. The van der Waals surface area contributed by atoms with E-state index in [2.05, 4.69) is 10.4 Å². The van der Waals surface area contributed by atoms with E-state index in [1.54, 1.807) is 17.9 Å². The molecule has 2 aromatic heterocycles. The molecule has 0 saturated carbocycles. The number of hydrogen-bond donors (Lipinski definition) is 2. The molecular weight excluding hydrogens is 314 g/mol. The lowest BCUT2D eigenvalue weighted by molar-refractivity contribution is -0.142. The van der Waals surface area contributed by atoms with Crippen LogP contribution in [0.3, 0.4) is 0 Å². The van der Waals surface area contributed by atoms with E-state index in [9.17, 15) is 14.7 Å². The van der Waals surface area contributed by atoms with Gasteiger partial charge in [-0.05, 0) is 23.8 Å². The van der Waals surface area contributed by atoms with Crippen LogP contribution in [0.2, 0.25) is 0 Å². The maximum atomic E-state index is 12.4. The van der Waals surface area contributed by atoms with Crippen LogP contribution in [0.25, 0.3) is 10.6 Å². The van der Waals surface area contributed by atoms with Crippen LogP contribution in [0.15, 0.2) is 23.7 Å². The van der Waals surface area contributed by atoms with Crippen molar-refractivity contribution in [2.45, 2.75) is 20.3 Å². The normalized spacial score (nSPS) is 12.3. The van der Waals surface area contributed by atoms with Gasteiger partial charge in [0.2, 0.25) is 0 Å². The summed E-state index contributed by atoms with van der Waals surface area (Å²) < 4.78 is 1.59. The van der Waals surface area contributed by atoms with Crippen LogP contribution in [0.5, 0.6) is 0 Å². The lowest BCUT2D eigenvalue weighted by Crippen LogP contribution is -2.33. The van der Waals surface area contributed by atoms with Crippen molar-refractivity contribution in [3.8, 4) is 10.6 Å². The summed E-state index contributed by atoms with van der Waals surface area (Å²) in [7, 11) is 1.76. The summed E-state index contributed by atoms with van der Waals surface area (Å²) in [4.78, 5) is 24.6. The second-order valence-corrected chi connectivity index (χ2v) is 6.86. The van der Waals surface area contributed by atoms with Gasteiger partial charge in [-0.3, -0.25) is 14.3 Å². The van der Waals surface area contributed by atoms with Crippen molar-refractivity contribution in [2.75, 3.05) is 6.54 Å². The molecule has 0 radical (unpaired) electrons. The van der Waals surface area contributed by atoms with Gasteiger partial charge in [0.05, 0.1) is 16.4 Å². The number of carboxylic acid groups (broad SMARTS) is 1. The van der Waals surface area contributed by atoms with Gasteiger partial charge >= 0.3 is 5.97 Å². The van der Waals surface area contributed by atoms with E-state index in [0.29, 0.717) is 17.7 Å². The minimum atomic E-state index is -0.885. The Morgan fingerprint density at radius 2 is 2.17 bits per heavy atom. The smallest absolute Gasteiger partial charge is 0.308 e. The molecule has 2 aromatic rings. The van der Waals surface area contributed by atoms with Crippen LogP contribution in [0.4, 0.5) is 0 Å². The number of nitrogens with zero attached hydrogens (tertiary/aromatic N) is 2. The summed E-state index contributed by atoms with van der Waals surface area (Å²) in [5, 5.41) is 18.2. The standard InChI is InChI=1S/C16H21N3O3S/c1-10(2)7-11(16(21)22)8-17-15(20)12-9-19(3)18-14(12)13-5-4-6-23-13/h4-6,9-11H,7-8H2,1-3H3,(H,17,20)(H,21,22). The van der Waals surface area contributed by atoms with Gasteiger partial charge in [-0.1, -0.05) is 19.9 Å². The van der Waals surface area contributed by atoms with E-state index in [1.807, 2.05) is 31.4 Å². The lowest BCUT2D eigenvalue weighted by atomic mass is 9.97. The van der Waals surface area contributed by atoms with Crippen LogP contribution in [-0.2, 0) is 11.8 Å². The molecule has 7 heteroatoms. The predicted molar refractivity (Wildman–Crippen MR) is 89.4 cm³/mol. The highest BCUT2D eigenvalue weighted by molar-refractivity contribution is 7.13. The highest BCUT2D eigenvalue weighted by atomic mass is 32.1. The van der Waals surface area contributed by atoms with Crippen LogP contribution in [0, 0.1) is 11.8 Å². The van der Waals surface area contributed by atoms with Gasteiger partial charge in [0.1, 0.15) is 5.69 Å². The number of carboxylic acids is 1. The van der Waals surface area contributed by atoms with Crippen molar-refractivity contribution in [3.63, 3.8) is 0 Å².